The molecule has 1 aromatic carbocycles. The molecule has 0 radical (unpaired) electrons. The van der Waals surface area contributed by atoms with Crippen LogP contribution in [0.4, 0.5) is 17.6 Å². The normalized spacial score (nSPS) is 11.8. The number of rotatable bonds is 4. The van der Waals surface area contributed by atoms with E-state index in [-0.39, 0.29) is 30.0 Å². The summed E-state index contributed by atoms with van der Waals surface area (Å²) in [5.41, 5.74) is 0.671. The highest BCUT2D eigenvalue weighted by Gasteiger charge is 2.32. The zero-order valence-electron chi connectivity index (χ0n) is 15.6. The highest BCUT2D eigenvalue weighted by Crippen LogP contribution is 2.32. The highest BCUT2D eigenvalue weighted by atomic mass is 19.4. The summed E-state index contributed by atoms with van der Waals surface area (Å²) >= 11 is 0. The Morgan fingerprint density at radius 2 is 1.93 bits per heavy atom. The lowest BCUT2D eigenvalue weighted by Crippen LogP contribution is -2.25. The van der Waals surface area contributed by atoms with Gasteiger partial charge < -0.3 is 9.47 Å². The van der Waals surface area contributed by atoms with Gasteiger partial charge in [-0.3, -0.25) is 9.78 Å². The maximum atomic E-state index is 14.4. The van der Waals surface area contributed by atoms with Crippen molar-refractivity contribution in [1.29, 1.82) is 0 Å². The fraction of sp³-hybridized carbons (Fsp3) is 0.300. The molecule has 0 saturated heterocycles. The van der Waals surface area contributed by atoms with Crippen LogP contribution in [0.3, 0.4) is 0 Å². The molecule has 0 saturated carbocycles. The van der Waals surface area contributed by atoms with Crippen molar-refractivity contribution in [2.75, 3.05) is 14.1 Å². The molecule has 148 valence electrons. The van der Waals surface area contributed by atoms with Crippen molar-refractivity contribution in [2.24, 2.45) is 0 Å². The zero-order valence-corrected chi connectivity index (χ0v) is 15.6. The Bertz CT molecular complexity index is 1010. The third-order valence-electron chi connectivity index (χ3n) is 4.67. The average Bonchev–Trinajstić information content (AvgIpc) is 3.00. The minimum atomic E-state index is -4.60. The Hall–Kier alpha value is -2.90. The van der Waals surface area contributed by atoms with E-state index in [9.17, 15) is 22.4 Å². The number of nitrogens with zero attached hydrogens (tertiary/aromatic N) is 3. The molecule has 0 atom stereocenters. The van der Waals surface area contributed by atoms with Crippen LogP contribution in [-0.4, -0.2) is 34.5 Å². The molecule has 0 fully saturated rings. The van der Waals surface area contributed by atoms with Crippen LogP contribution in [0.15, 0.2) is 36.7 Å². The van der Waals surface area contributed by atoms with Crippen LogP contribution in [0.1, 0.15) is 22.4 Å². The molecule has 0 aliphatic heterocycles. The van der Waals surface area contributed by atoms with Gasteiger partial charge in [-0.15, -0.1) is 0 Å². The quantitative estimate of drug-likeness (QED) is 0.624. The van der Waals surface area contributed by atoms with Gasteiger partial charge in [-0.1, -0.05) is 0 Å². The number of benzene rings is 1. The molecule has 2 aromatic heterocycles. The lowest BCUT2D eigenvalue weighted by atomic mass is 9.98. The van der Waals surface area contributed by atoms with Crippen LogP contribution in [-0.2, 0) is 23.9 Å². The standard InChI is InChI=1S/C20H19F4N3O/c1-12-8-13(20(22,23)24)9-16(21)15(12)10-17-14-5-7-27(11-19(28)26(2)3)18(14)4-6-25-17/h4-9H,10-11H2,1-3H3. The lowest BCUT2D eigenvalue weighted by Gasteiger charge is -2.13. The second-order valence-corrected chi connectivity index (χ2v) is 6.85. The van der Waals surface area contributed by atoms with Crippen LogP contribution >= 0.6 is 0 Å². The molecule has 28 heavy (non-hydrogen) atoms. The van der Waals surface area contributed by atoms with Crippen molar-refractivity contribution >= 4 is 16.8 Å². The van der Waals surface area contributed by atoms with Crippen LogP contribution in [0.25, 0.3) is 10.9 Å². The number of aryl methyl sites for hydroxylation is 1. The van der Waals surface area contributed by atoms with Gasteiger partial charge in [0.25, 0.3) is 0 Å². The first-order valence-electron chi connectivity index (χ1n) is 8.57. The van der Waals surface area contributed by atoms with Crippen LogP contribution in [0.5, 0.6) is 0 Å². The van der Waals surface area contributed by atoms with Gasteiger partial charge in [0, 0.05) is 38.3 Å². The largest absolute Gasteiger partial charge is 0.416 e. The van der Waals surface area contributed by atoms with E-state index in [1.54, 1.807) is 43.2 Å². The van der Waals surface area contributed by atoms with Gasteiger partial charge in [0.05, 0.1) is 16.8 Å². The van der Waals surface area contributed by atoms with Crippen molar-refractivity contribution in [3.63, 3.8) is 0 Å². The van der Waals surface area contributed by atoms with Crippen LogP contribution in [0.2, 0.25) is 0 Å². The number of amides is 1. The zero-order chi connectivity index (χ0) is 20.6. The van der Waals surface area contributed by atoms with Gasteiger partial charge in [0.15, 0.2) is 0 Å². The Morgan fingerprint density at radius 3 is 2.54 bits per heavy atom. The van der Waals surface area contributed by atoms with E-state index in [0.29, 0.717) is 11.8 Å². The van der Waals surface area contributed by atoms with E-state index in [4.69, 9.17) is 0 Å². The van der Waals surface area contributed by atoms with Gasteiger partial charge in [0.2, 0.25) is 5.91 Å². The molecular weight excluding hydrogens is 374 g/mol. The van der Waals surface area contributed by atoms with Gasteiger partial charge in [0.1, 0.15) is 12.4 Å². The number of hydrogen-bond donors (Lipinski definition) is 0. The molecule has 8 heteroatoms. The summed E-state index contributed by atoms with van der Waals surface area (Å²) in [6.45, 7) is 1.60. The first-order valence-corrected chi connectivity index (χ1v) is 8.57. The maximum absolute atomic E-state index is 14.4. The summed E-state index contributed by atoms with van der Waals surface area (Å²) in [6, 6.07) is 4.98. The molecule has 0 aliphatic rings. The van der Waals surface area contributed by atoms with E-state index < -0.39 is 17.6 Å². The molecule has 4 nitrogen and oxygen atoms in total. The molecule has 0 bridgehead atoms. The van der Waals surface area contributed by atoms with Crippen molar-refractivity contribution < 1.29 is 22.4 Å². The number of fused-ring (bicyclic) bond motifs is 1. The molecule has 3 aromatic rings. The molecular formula is C20H19F4N3O. The average molecular weight is 393 g/mol. The van der Waals surface area contributed by atoms with E-state index in [1.165, 1.54) is 11.8 Å². The first-order chi connectivity index (χ1) is 13.1. The fourth-order valence-corrected chi connectivity index (χ4v) is 3.08. The third-order valence-corrected chi connectivity index (χ3v) is 4.67. The number of pyridine rings is 1. The smallest absolute Gasteiger partial charge is 0.347 e. The number of carbonyl (C=O) groups excluding carboxylic acids is 1. The topological polar surface area (TPSA) is 38.1 Å². The monoisotopic (exact) mass is 393 g/mol. The Balaban J connectivity index is 1.98. The second kappa shape index (κ2) is 7.26. The lowest BCUT2D eigenvalue weighted by molar-refractivity contribution is -0.137. The summed E-state index contributed by atoms with van der Waals surface area (Å²) in [5, 5.41) is 0.729. The molecule has 0 aliphatic carbocycles. The molecule has 0 N–H and O–H groups in total. The summed E-state index contributed by atoms with van der Waals surface area (Å²) in [4.78, 5) is 17.7. The fourth-order valence-electron chi connectivity index (χ4n) is 3.08. The minimum absolute atomic E-state index is 0.0543. The molecule has 3 rings (SSSR count). The van der Waals surface area contributed by atoms with Crippen molar-refractivity contribution in [3.8, 4) is 0 Å². The van der Waals surface area contributed by atoms with Gasteiger partial charge in [-0.2, -0.15) is 13.2 Å². The molecule has 0 spiro atoms. The van der Waals surface area contributed by atoms with E-state index >= 15 is 0 Å². The van der Waals surface area contributed by atoms with Gasteiger partial charge >= 0.3 is 6.18 Å². The van der Waals surface area contributed by atoms with Crippen LogP contribution < -0.4 is 0 Å². The summed E-state index contributed by atoms with van der Waals surface area (Å²) in [5.74, 6) is -0.992. The molecule has 2 heterocycles. The third kappa shape index (κ3) is 3.85. The van der Waals surface area contributed by atoms with Crippen LogP contribution in [0, 0.1) is 12.7 Å². The minimum Gasteiger partial charge on any atom is -0.347 e. The van der Waals surface area contributed by atoms with Gasteiger partial charge in [-0.25, -0.2) is 4.39 Å². The van der Waals surface area contributed by atoms with Gasteiger partial charge in [-0.05, 0) is 42.3 Å². The number of halogens is 4. The second-order valence-electron chi connectivity index (χ2n) is 6.85. The maximum Gasteiger partial charge on any atom is 0.416 e. The van der Waals surface area contributed by atoms with E-state index in [2.05, 4.69) is 4.98 Å². The Labute approximate surface area is 159 Å². The summed E-state index contributed by atoms with van der Waals surface area (Å²) in [6.07, 6.45) is -1.25. The number of likely N-dealkylation sites (N-methyl/N-ethyl adjacent to an activating group) is 1. The van der Waals surface area contributed by atoms with E-state index in [0.717, 1.165) is 17.0 Å². The van der Waals surface area contributed by atoms with Crippen molar-refractivity contribution in [3.05, 3.63) is 64.9 Å². The molecule has 1 amide bonds. The Morgan fingerprint density at radius 1 is 1.21 bits per heavy atom. The van der Waals surface area contributed by atoms with E-state index in [1.807, 2.05) is 0 Å². The number of aromatic nitrogens is 2. The molecule has 0 unspecified atom stereocenters. The predicted molar refractivity (Wildman–Crippen MR) is 97.4 cm³/mol. The summed E-state index contributed by atoms with van der Waals surface area (Å²) in [7, 11) is 3.33. The first kappa shape index (κ1) is 19.9. The highest BCUT2D eigenvalue weighted by molar-refractivity contribution is 5.85. The SMILES string of the molecule is Cc1cc(C(F)(F)F)cc(F)c1Cc1nccc2c1ccn2CC(=O)N(C)C. The number of alkyl halides is 3. The van der Waals surface area contributed by atoms with Crippen molar-refractivity contribution in [1.82, 2.24) is 14.5 Å². The van der Waals surface area contributed by atoms with Crippen molar-refractivity contribution in [2.45, 2.75) is 26.1 Å². The predicted octanol–water partition coefficient (Wildman–Crippen LogP) is 4.18. The number of carbonyl (C=O) groups is 1. The Kier molecular flexibility index (Phi) is 5.14. The number of hydrogen-bond acceptors (Lipinski definition) is 2. The summed E-state index contributed by atoms with van der Waals surface area (Å²) < 4.78 is 54.8.